The van der Waals surface area contributed by atoms with Crippen molar-refractivity contribution in [3.63, 3.8) is 0 Å². The van der Waals surface area contributed by atoms with Crippen LogP contribution >= 0.6 is 0 Å². The zero-order chi connectivity index (χ0) is 11.6. The summed E-state index contributed by atoms with van der Waals surface area (Å²) in [5.41, 5.74) is 7.73. The van der Waals surface area contributed by atoms with Gasteiger partial charge >= 0.3 is 0 Å². The van der Waals surface area contributed by atoms with Gasteiger partial charge in [-0.05, 0) is 20.3 Å². The van der Waals surface area contributed by atoms with Gasteiger partial charge in [-0.3, -0.25) is 0 Å². The van der Waals surface area contributed by atoms with E-state index in [-0.39, 0.29) is 0 Å². The molecule has 0 amide bonds. The van der Waals surface area contributed by atoms with Crippen LogP contribution < -0.4 is 11.5 Å². The van der Waals surface area contributed by atoms with E-state index in [1.165, 1.54) is 14.2 Å². The first-order valence-electron chi connectivity index (χ1n) is 4.59. The lowest BCUT2D eigenvalue weighted by molar-refractivity contribution is -0.250. The fourth-order valence-electron chi connectivity index (χ4n) is 1.34. The maximum absolute atomic E-state index is 10.0. The highest BCUT2D eigenvalue weighted by Gasteiger charge is 2.55. The third-order valence-electron chi connectivity index (χ3n) is 3.14. The molecule has 86 valence electrons. The molecule has 3 atom stereocenters. The number of aliphatic hydroxyl groups is 1. The first-order chi connectivity index (χ1) is 6.18. The molecule has 0 aromatic heterocycles. The van der Waals surface area contributed by atoms with Gasteiger partial charge in [0, 0.05) is 14.2 Å². The van der Waals surface area contributed by atoms with Crippen LogP contribution in [-0.2, 0) is 9.47 Å². The Balaban J connectivity index is 5.18. The van der Waals surface area contributed by atoms with Crippen LogP contribution in [0.25, 0.3) is 0 Å². The van der Waals surface area contributed by atoms with E-state index in [4.69, 9.17) is 20.9 Å². The van der Waals surface area contributed by atoms with Gasteiger partial charge in [0.15, 0.2) is 0 Å². The predicted octanol–water partition coefficient (Wildman–Crippen LogP) is -0.230. The SMILES string of the molecule is CCC(N)(O)C(C)(OC)C(C)(N)OC. The van der Waals surface area contributed by atoms with Gasteiger partial charge in [-0.2, -0.15) is 0 Å². The molecule has 0 aliphatic heterocycles. The highest BCUT2D eigenvalue weighted by Crippen LogP contribution is 2.33. The summed E-state index contributed by atoms with van der Waals surface area (Å²) in [5.74, 6) is 0. The van der Waals surface area contributed by atoms with Gasteiger partial charge in [-0.25, -0.2) is 0 Å². The maximum atomic E-state index is 10.0. The first kappa shape index (κ1) is 13.8. The predicted molar refractivity (Wildman–Crippen MR) is 54.4 cm³/mol. The Morgan fingerprint density at radius 2 is 1.57 bits per heavy atom. The van der Waals surface area contributed by atoms with Gasteiger partial charge in [-0.1, -0.05) is 6.92 Å². The fourth-order valence-corrected chi connectivity index (χ4v) is 1.34. The molecule has 0 heterocycles. The van der Waals surface area contributed by atoms with Gasteiger partial charge in [0.1, 0.15) is 17.1 Å². The van der Waals surface area contributed by atoms with E-state index in [9.17, 15) is 5.11 Å². The van der Waals surface area contributed by atoms with Crippen molar-refractivity contribution in [2.24, 2.45) is 11.5 Å². The third kappa shape index (κ3) is 1.92. The highest BCUT2D eigenvalue weighted by molar-refractivity contribution is 5.03. The van der Waals surface area contributed by atoms with Crippen molar-refractivity contribution in [2.45, 2.75) is 44.2 Å². The average Bonchev–Trinajstić information content (AvgIpc) is 2.15. The Morgan fingerprint density at radius 3 is 1.79 bits per heavy atom. The summed E-state index contributed by atoms with van der Waals surface area (Å²) < 4.78 is 10.3. The van der Waals surface area contributed by atoms with Gasteiger partial charge in [0.05, 0.1) is 0 Å². The molecule has 5 N–H and O–H groups in total. The molecule has 0 radical (unpaired) electrons. The molecule has 0 saturated carbocycles. The Labute approximate surface area is 85.4 Å². The molecule has 0 aromatic rings. The molecule has 0 bridgehead atoms. The summed E-state index contributed by atoms with van der Waals surface area (Å²) in [6.07, 6.45) is 0.313. The maximum Gasteiger partial charge on any atom is 0.148 e. The number of methoxy groups -OCH3 is 2. The van der Waals surface area contributed by atoms with Crippen LogP contribution in [0.1, 0.15) is 27.2 Å². The standard InChI is InChI=1S/C9H22N2O3/c1-6-9(11,12)7(2,13-4)8(3,10)14-5/h12H,6,10-11H2,1-5H3. The van der Waals surface area contributed by atoms with Gasteiger partial charge in [0.25, 0.3) is 0 Å². The zero-order valence-electron chi connectivity index (χ0n) is 9.63. The second kappa shape index (κ2) is 4.12. The number of rotatable bonds is 5. The van der Waals surface area contributed by atoms with E-state index in [1.807, 2.05) is 0 Å². The van der Waals surface area contributed by atoms with Crippen molar-refractivity contribution in [1.29, 1.82) is 0 Å². The zero-order valence-corrected chi connectivity index (χ0v) is 9.63. The summed E-state index contributed by atoms with van der Waals surface area (Å²) >= 11 is 0. The molecule has 0 saturated heterocycles. The second-order valence-electron chi connectivity index (χ2n) is 3.83. The van der Waals surface area contributed by atoms with Gasteiger partial charge in [0.2, 0.25) is 0 Å². The first-order valence-corrected chi connectivity index (χ1v) is 4.59. The lowest BCUT2D eigenvalue weighted by atomic mass is 9.81. The molecule has 3 unspecified atom stereocenters. The Morgan fingerprint density at radius 1 is 1.14 bits per heavy atom. The fraction of sp³-hybridized carbons (Fsp3) is 1.00. The topological polar surface area (TPSA) is 90.7 Å². The van der Waals surface area contributed by atoms with Crippen LogP contribution in [0.5, 0.6) is 0 Å². The monoisotopic (exact) mass is 206 g/mol. The summed E-state index contributed by atoms with van der Waals surface area (Å²) in [7, 11) is 2.89. The number of hydrogen-bond donors (Lipinski definition) is 3. The second-order valence-corrected chi connectivity index (χ2v) is 3.83. The molecule has 14 heavy (non-hydrogen) atoms. The smallest absolute Gasteiger partial charge is 0.148 e. The largest absolute Gasteiger partial charge is 0.373 e. The minimum absolute atomic E-state index is 0.313. The highest BCUT2D eigenvalue weighted by atomic mass is 16.6. The minimum atomic E-state index is -1.54. The van der Waals surface area contributed by atoms with Gasteiger partial charge < -0.3 is 26.0 Å². The van der Waals surface area contributed by atoms with Crippen LogP contribution in [0.2, 0.25) is 0 Å². The molecule has 0 aliphatic rings. The number of ether oxygens (including phenoxy) is 2. The molecule has 5 heteroatoms. The molecule has 0 spiro atoms. The lowest BCUT2D eigenvalue weighted by Crippen LogP contribution is -2.73. The lowest BCUT2D eigenvalue weighted by Gasteiger charge is -2.49. The molecular weight excluding hydrogens is 184 g/mol. The molecule has 0 aliphatic carbocycles. The normalized spacial score (nSPS) is 24.9. The van der Waals surface area contributed by atoms with Crippen molar-refractivity contribution in [1.82, 2.24) is 0 Å². The summed E-state index contributed by atoms with van der Waals surface area (Å²) in [5, 5.41) is 10.0. The van der Waals surface area contributed by atoms with Crippen LogP contribution in [0.15, 0.2) is 0 Å². The molecule has 5 nitrogen and oxygen atoms in total. The van der Waals surface area contributed by atoms with E-state index in [1.54, 1.807) is 20.8 Å². The van der Waals surface area contributed by atoms with Crippen LogP contribution in [0, 0.1) is 0 Å². The Hall–Kier alpha value is -0.200. The molecule has 0 fully saturated rings. The van der Waals surface area contributed by atoms with Crippen molar-refractivity contribution in [3.8, 4) is 0 Å². The molecule has 0 rings (SSSR count). The van der Waals surface area contributed by atoms with Crippen molar-refractivity contribution >= 4 is 0 Å². The summed E-state index contributed by atoms with van der Waals surface area (Å²) in [6.45, 7) is 4.99. The number of nitrogens with two attached hydrogens (primary N) is 2. The van der Waals surface area contributed by atoms with Crippen LogP contribution in [-0.4, -0.2) is 36.4 Å². The minimum Gasteiger partial charge on any atom is -0.373 e. The Bertz CT molecular complexity index is 176. The molecular formula is C9H22N2O3. The quantitative estimate of drug-likeness (QED) is 0.540. The van der Waals surface area contributed by atoms with Crippen molar-refractivity contribution in [2.75, 3.05) is 14.2 Å². The van der Waals surface area contributed by atoms with E-state index >= 15 is 0 Å². The summed E-state index contributed by atoms with van der Waals surface area (Å²) in [6, 6.07) is 0. The Kier molecular flexibility index (Phi) is 4.06. The van der Waals surface area contributed by atoms with E-state index in [2.05, 4.69) is 0 Å². The van der Waals surface area contributed by atoms with E-state index < -0.39 is 17.1 Å². The van der Waals surface area contributed by atoms with Crippen molar-refractivity contribution in [3.05, 3.63) is 0 Å². The van der Waals surface area contributed by atoms with Crippen molar-refractivity contribution < 1.29 is 14.6 Å². The van der Waals surface area contributed by atoms with E-state index in [0.717, 1.165) is 0 Å². The molecule has 0 aromatic carbocycles. The summed E-state index contributed by atoms with van der Waals surface area (Å²) in [4.78, 5) is 0. The van der Waals surface area contributed by atoms with Crippen LogP contribution in [0.4, 0.5) is 0 Å². The number of hydrogen-bond acceptors (Lipinski definition) is 5. The van der Waals surface area contributed by atoms with Crippen LogP contribution in [0.3, 0.4) is 0 Å². The average molecular weight is 206 g/mol. The van der Waals surface area contributed by atoms with E-state index in [0.29, 0.717) is 6.42 Å². The third-order valence-corrected chi connectivity index (χ3v) is 3.14. The van der Waals surface area contributed by atoms with Gasteiger partial charge in [-0.15, -0.1) is 0 Å².